The third-order valence-electron chi connectivity index (χ3n) is 2.91. The van der Waals surface area contributed by atoms with E-state index in [0.717, 1.165) is 0 Å². The number of thiocarbonyl (C=S) groups is 1. The number of hydrogen-bond donors (Lipinski definition) is 4. The number of carbonyl (C=O) groups excluding carboxylic acids is 1. The van der Waals surface area contributed by atoms with Crippen LogP contribution >= 0.6 is 12.2 Å². The summed E-state index contributed by atoms with van der Waals surface area (Å²) in [5, 5.41) is 5.21. The zero-order valence-electron chi connectivity index (χ0n) is 9.57. The molecule has 1 fully saturated rings. The number of aromatic nitrogens is 2. The molecule has 7 nitrogen and oxygen atoms in total. The summed E-state index contributed by atoms with van der Waals surface area (Å²) in [6, 6.07) is -0.637. The van der Waals surface area contributed by atoms with Gasteiger partial charge in [0.25, 0.3) is 5.56 Å². The monoisotopic (exact) mass is 268 g/mol. The zero-order chi connectivity index (χ0) is 13.3. The Bertz CT molecular complexity index is 606. The van der Waals surface area contributed by atoms with Crippen molar-refractivity contribution in [2.75, 3.05) is 0 Å². The number of urea groups is 1. The van der Waals surface area contributed by atoms with Gasteiger partial charge in [0, 0.05) is 30.1 Å². The highest BCUT2D eigenvalue weighted by molar-refractivity contribution is 7.80. The number of aromatic amines is 2. The normalized spacial score (nSPS) is 23.4. The highest BCUT2D eigenvalue weighted by atomic mass is 32.1. The molecule has 0 saturated carbocycles. The predicted octanol–water partition coefficient (Wildman–Crippen LogP) is -0.749. The first-order chi connectivity index (χ1) is 8.47. The maximum atomic E-state index is 11.5. The second-order valence-corrected chi connectivity index (χ2v) is 4.60. The number of amides is 2. The molecule has 0 radical (unpaired) electrons. The third kappa shape index (κ3) is 2.48. The minimum Gasteiger partial charge on any atom is -0.334 e. The first-order valence-electron chi connectivity index (χ1n) is 5.39. The van der Waals surface area contributed by atoms with Gasteiger partial charge < -0.3 is 15.6 Å². The Morgan fingerprint density at radius 1 is 1.33 bits per heavy atom. The molecule has 1 saturated heterocycles. The molecule has 0 aromatic carbocycles. The molecular formula is C10H12N4O3S. The van der Waals surface area contributed by atoms with Crippen LogP contribution in [-0.2, 0) is 6.42 Å². The molecule has 1 aromatic heterocycles. The minimum absolute atomic E-state index is 0.0796. The topological polar surface area (TPSA) is 107 Å². The van der Waals surface area contributed by atoms with E-state index in [2.05, 4.69) is 20.6 Å². The summed E-state index contributed by atoms with van der Waals surface area (Å²) >= 11 is 5.04. The largest absolute Gasteiger partial charge is 0.334 e. The van der Waals surface area contributed by atoms with Crippen molar-refractivity contribution in [2.45, 2.75) is 19.4 Å². The lowest BCUT2D eigenvalue weighted by Gasteiger charge is -2.30. The van der Waals surface area contributed by atoms with E-state index >= 15 is 0 Å². The van der Waals surface area contributed by atoms with Crippen LogP contribution in [0.4, 0.5) is 4.79 Å². The fraction of sp³-hybridized carbons (Fsp3) is 0.400. The van der Waals surface area contributed by atoms with Crippen molar-refractivity contribution in [2.24, 2.45) is 5.92 Å². The summed E-state index contributed by atoms with van der Waals surface area (Å²) < 4.78 is 0. The Kier molecular flexibility index (Phi) is 3.28. The van der Waals surface area contributed by atoms with E-state index in [9.17, 15) is 14.4 Å². The first kappa shape index (κ1) is 12.5. The molecule has 2 atom stereocenters. The van der Waals surface area contributed by atoms with Gasteiger partial charge in [-0.3, -0.25) is 9.78 Å². The number of nitrogens with one attached hydrogen (secondary N) is 4. The number of hydrogen-bond acceptors (Lipinski definition) is 4. The van der Waals surface area contributed by atoms with Crippen molar-refractivity contribution in [3.8, 4) is 0 Å². The number of carbonyl (C=O) groups is 1. The standard InChI is InChI=1S/C10H12N4O3S/c1-4-6(12-10(17)14-8(4)18)2-5-3-11-9(16)13-7(5)15/h3-4,6H,2H2,1H3,(H2,11,13,15,16)(H2,12,14,17,18). The average Bonchev–Trinajstić information content (AvgIpc) is 2.29. The Hall–Kier alpha value is -1.96. The van der Waals surface area contributed by atoms with E-state index in [1.807, 2.05) is 6.92 Å². The molecule has 1 aliphatic rings. The predicted molar refractivity (Wildman–Crippen MR) is 68.6 cm³/mol. The minimum atomic E-state index is -0.554. The molecule has 2 unspecified atom stereocenters. The fourth-order valence-electron chi connectivity index (χ4n) is 1.79. The molecule has 2 amide bonds. The maximum absolute atomic E-state index is 11.5. The fourth-order valence-corrected chi connectivity index (χ4v) is 2.05. The van der Waals surface area contributed by atoms with Gasteiger partial charge in [-0.2, -0.15) is 0 Å². The summed E-state index contributed by atoms with van der Waals surface area (Å²) in [5.74, 6) is -0.0796. The molecule has 96 valence electrons. The van der Waals surface area contributed by atoms with Crippen LogP contribution in [0.3, 0.4) is 0 Å². The third-order valence-corrected chi connectivity index (χ3v) is 3.38. The highest BCUT2D eigenvalue weighted by Gasteiger charge is 2.29. The van der Waals surface area contributed by atoms with E-state index in [1.54, 1.807) is 0 Å². The summed E-state index contributed by atoms with van der Waals surface area (Å²) in [6.45, 7) is 1.86. The molecule has 18 heavy (non-hydrogen) atoms. The second kappa shape index (κ2) is 4.73. The van der Waals surface area contributed by atoms with Crippen LogP contribution < -0.4 is 21.9 Å². The van der Waals surface area contributed by atoms with E-state index in [1.165, 1.54) is 6.20 Å². The van der Waals surface area contributed by atoms with Crippen LogP contribution in [0.15, 0.2) is 15.8 Å². The first-order valence-corrected chi connectivity index (χ1v) is 5.80. The number of H-pyrrole nitrogens is 2. The van der Waals surface area contributed by atoms with Crippen LogP contribution in [0.25, 0.3) is 0 Å². The molecule has 0 aliphatic carbocycles. The summed E-state index contributed by atoms with van der Waals surface area (Å²) in [5.41, 5.74) is -0.609. The van der Waals surface area contributed by atoms with Gasteiger partial charge in [-0.25, -0.2) is 9.59 Å². The molecule has 2 heterocycles. The molecule has 4 N–H and O–H groups in total. The van der Waals surface area contributed by atoms with Crippen LogP contribution in [0.5, 0.6) is 0 Å². The molecule has 2 rings (SSSR count). The second-order valence-electron chi connectivity index (χ2n) is 4.16. The van der Waals surface area contributed by atoms with Gasteiger partial charge in [-0.1, -0.05) is 19.1 Å². The van der Waals surface area contributed by atoms with E-state index < -0.39 is 11.2 Å². The summed E-state index contributed by atoms with van der Waals surface area (Å²) in [4.78, 5) is 38.7. The van der Waals surface area contributed by atoms with Crippen LogP contribution in [0.2, 0.25) is 0 Å². The van der Waals surface area contributed by atoms with Crippen molar-refractivity contribution in [1.82, 2.24) is 20.6 Å². The molecule has 1 aliphatic heterocycles. The van der Waals surface area contributed by atoms with Gasteiger partial charge in [0.2, 0.25) is 0 Å². The zero-order valence-corrected chi connectivity index (χ0v) is 10.4. The van der Waals surface area contributed by atoms with Gasteiger partial charge in [0.15, 0.2) is 0 Å². The van der Waals surface area contributed by atoms with Gasteiger partial charge in [0.1, 0.15) is 0 Å². The molecular weight excluding hydrogens is 256 g/mol. The maximum Gasteiger partial charge on any atom is 0.325 e. The van der Waals surface area contributed by atoms with E-state index in [0.29, 0.717) is 17.0 Å². The quantitative estimate of drug-likeness (QED) is 0.529. The van der Waals surface area contributed by atoms with E-state index in [-0.39, 0.29) is 18.0 Å². The highest BCUT2D eigenvalue weighted by Crippen LogP contribution is 2.12. The summed E-state index contributed by atoms with van der Waals surface area (Å²) in [7, 11) is 0. The van der Waals surface area contributed by atoms with Gasteiger partial charge in [-0.15, -0.1) is 0 Å². The van der Waals surface area contributed by atoms with Crippen molar-refractivity contribution in [3.63, 3.8) is 0 Å². The average molecular weight is 268 g/mol. The lowest BCUT2D eigenvalue weighted by molar-refractivity contribution is 0.234. The van der Waals surface area contributed by atoms with Crippen molar-refractivity contribution >= 4 is 23.2 Å². The van der Waals surface area contributed by atoms with Crippen molar-refractivity contribution in [1.29, 1.82) is 0 Å². The molecule has 0 bridgehead atoms. The smallest absolute Gasteiger partial charge is 0.325 e. The van der Waals surface area contributed by atoms with Crippen molar-refractivity contribution in [3.05, 3.63) is 32.6 Å². The lowest BCUT2D eigenvalue weighted by atomic mass is 9.94. The van der Waals surface area contributed by atoms with Crippen LogP contribution in [-0.4, -0.2) is 27.0 Å². The number of rotatable bonds is 2. The van der Waals surface area contributed by atoms with Gasteiger partial charge in [0.05, 0.1) is 4.99 Å². The Balaban J connectivity index is 2.22. The Labute approximate surface area is 107 Å². The van der Waals surface area contributed by atoms with Crippen LogP contribution in [0, 0.1) is 5.92 Å². The molecule has 8 heteroatoms. The lowest BCUT2D eigenvalue weighted by Crippen LogP contribution is -2.57. The van der Waals surface area contributed by atoms with Gasteiger partial charge in [-0.05, 0) is 0 Å². The Morgan fingerprint density at radius 3 is 2.72 bits per heavy atom. The summed E-state index contributed by atoms with van der Waals surface area (Å²) in [6.07, 6.45) is 1.66. The molecule has 1 aromatic rings. The molecule has 0 spiro atoms. The Morgan fingerprint density at radius 2 is 2.06 bits per heavy atom. The van der Waals surface area contributed by atoms with Crippen molar-refractivity contribution < 1.29 is 4.79 Å². The SMILES string of the molecule is CC1C(=S)NC(=O)NC1Cc1c[nH]c(=O)[nH]c1=O. The van der Waals surface area contributed by atoms with Gasteiger partial charge >= 0.3 is 11.7 Å². The van der Waals surface area contributed by atoms with Crippen LogP contribution in [0.1, 0.15) is 12.5 Å². The van der Waals surface area contributed by atoms with E-state index in [4.69, 9.17) is 12.2 Å².